The van der Waals surface area contributed by atoms with Crippen molar-refractivity contribution in [3.63, 3.8) is 0 Å². The van der Waals surface area contributed by atoms with Crippen molar-refractivity contribution in [3.05, 3.63) is 12.2 Å². The highest BCUT2D eigenvalue weighted by Crippen LogP contribution is 2.00. The molecule has 68 valence electrons. The SMILES string of the molecule is CCCCCC(=O)C=CC(C)=O. The van der Waals surface area contributed by atoms with E-state index in [1.165, 1.54) is 19.1 Å². The summed E-state index contributed by atoms with van der Waals surface area (Å²) in [6.45, 7) is 3.53. The summed E-state index contributed by atoms with van der Waals surface area (Å²) in [5.41, 5.74) is 0. The Morgan fingerprint density at radius 1 is 1.17 bits per heavy atom. The fourth-order valence-electron chi connectivity index (χ4n) is 0.843. The molecule has 0 aromatic heterocycles. The van der Waals surface area contributed by atoms with E-state index < -0.39 is 0 Å². The predicted molar refractivity (Wildman–Crippen MR) is 49.0 cm³/mol. The normalized spacial score (nSPS) is 10.5. The summed E-state index contributed by atoms with van der Waals surface area (Å²) in [7, 11) is 0. The average molecular weight is 168 g/mol. The van der Waals surface area contributed by atoms with Crippen LogP contribution >= 0.6 is 0 Å². The molecule has 0 atom stereocenters. The van der Waals surface area contributed by atoms with E-state index in [1.807, 2.05) is 0 Å². The molecule has 0 aromatic carbocycles. The maximum absolute atomic E-state index is 11.0. The van der Waals surface area contributed by atoms with Gasteiger partial charge in [0.25, 0.3) is 0 Å². The lowest BCUT2D eigenvalue weighted by Gasteiger charge is -1.92. The number of allylic oxidation sites excluding steroid dienone is 2. The predicted octanol–water partition coefficient (Wildman–Crippen LogP) is 2.28. The molecule has 0 aromatic rings. The number of carbonyl (C=O) groups is 2. The van der Waals surface area contributed by atoms with Gasteiger partial charge in [0.1, 0.15) is 0 Å². The Morgan fingerprint density at radius 3 is 2.33 bits per heavy atom. The van der Waals surface area contributed by atoms with Gasteiger partial charge in [-0.3, -0.25) is 9.59 Å². The molecular formula is C10H16O2. The summed E-state index contributed by atoms with van der Waals surface area (Å²) in [5, 5.41) is 0. The van der Waals surface area contributed by atoms with Crippen molar-refractivity contribution >= 4 is 11.6 Å². The van der Waals surface area contributed by atoms with Gasteiger partial charge in [-0.1, -0.05) is 19.8 Å². The van der Waals surface area contributed by atoms with E-state index in [0.29, 0.717) is 6.42 Å². The maximum Gasteiger partial charge on any atom is 0.155 e. The van der Waals surface area contributed by atoms with Crippen LogP contribution in [0.1, 0.15) is 39.5 Å². The van der Waals surface area contributed by atoms with Gasteiger partial charge < -0.3 is 0 Å². The molecule has 0 aliphatic rings. The van der Waals surface area contributed by atoms with Crippen LogP contribution in [0, 0.1) is 0 Å². The van der Waals surface area contributed by atoms with Gasteiger partial charge >= 0.3 is 0 Å². The van der Waals surface area contributed by atoms with Gasteiger partial charge in [-0.15, -0.1) is 0 Å². The minimum atomic E-state index is -0.0705. The van der Waals surface area contributed by atoms with Crippen LogP contribution in [0.5, 0.6) is 0 Å². The molecular weight excluding hydrogens is 152 g/mol. The largest absolute Gasteiger partial charge is 0.295 e. The van der Waals surface area contributed by atoms with Gasteiger partial charge in [0.15, 0.2) is 11.6 Å². The van der Waals surface area contributed by atoms with Gasteiger partial charge in [-0.2, -0.15) is 0 Å². The van der Waals surface area contributed by atoms with Crippen LogP contribution in [-0.4, -0.2) is 11.6 Å². The second-order valence-electron chi connectivity index (χ2n) is 2.87. The number of carbonyl (C=O) groups excluding carboxylic acids is 2. The zero-order chi connectivity index (χ0) is 9.40. The average Bonchev–Trinajstić information content (AvgIpc) is 2.01. The van der Waals surface area contributed by atoms with Crippen LogP contribution in [0.2, 0.25) is 0 Å². The second-order valence-corrected chi connectivity index (χ2v) is 2.87. The molecule has 0 N–H and O–H groups in total. The van der Waals surface area contributed by atoms with Crippen LogP contribution < -0.4 is 0 Å². The first-order chi connectivity index (χ1) is 5.66. The molecule has 0 bridgehead atoms. The Labute approximate surface area is 73.7 Å². The van der Waals surface area contributed by atoms with E-state index in [1.54, 1.807) is 0 Å². The van der Waals surface area contributed by atoms with Crippen LogP contribution in [0.4, 0.5) is 0 Å². The first-order valence-electron chi connectivity index (χ1n) is 4.38. The van der Waals surface area contributed by atoms with E-state index in [0.717, 1.165) is 19.3 Å². The molecule has 0 saturated heterocycles. The smallest absolute Gasteiger partial charge is 0.155 e. The number of unbranched alkanes of at least 4 members (excludes halogenated alkanes) is 2. The molecule has 0 amide bonds. The summed E-state index contributed by atoms with van der Waals surface area (Å²) in [6.07, 6.45) is 6.39. The van der Waals surface area contributed by atoms with Gasteiger partial charge in [0.05, 0.1) is 0 Å². The quantitative estimate of drug-likeness (QED) is 0.450. The van der Waals surface area contributed by atoms with Crippen molar-refractivity contribution in [2.45, 2.75) is 39.5 Å². The van der Waals surface area contributed by atoms with Crippen molar-refractivity contribution in [1.82, 2.24) is 0 Å². The lowest BCUT2D eigenvalue weighted by atomic mass is 10.1. The highest BCUT2D eigenvalue weighted by Gasteiger charge is 1.95. The maximum atomic E-state index is 11.0. The Kier molecular flexibility index (Phi) is 6.25. The molecule has 0 aliphatic carbocycles. The summed E-state index contributed by atoms with van der Waals surface area (Å²) in [5.74, 6) is -0.0162. The Morgan fingerprint density at radius 2 is 1.83 bits per heavy atom. The Bertz CT molecular complexity index is 180. The Balaban J connectivity index is 3.53. The lowest BCUT2D eigenvalue weighted by Crippen LogP contribution is -1.93. The van der Waals surface area contributed by atoms with Crippen LogP contribution in [0.25, 0.3) is 0 Å². The van der Waals surface area contributed by atoms with Crippen molar-refractivity contribution in [3.8, 4) is 0 Å². The number of hydrogen-bond acceptors (Lipinski definition) is 2. The van der Waals surface area contributed by atoms with Crippen molar-refractivity contribution in [1.29, 1.82) is 0 Å². The first kappa shape index (κ1) is 11.1. The van der Waals surface area contributed by atoms with Crippen molar-refractivity contribution in [2.75, 3.05) is 0 Å². The van der Waals surface area contributed by atoms with E-state index in [2.05, 4.69) is 6.92 Å². The zero-order valence-electron chi connectivity index (χ0n) is 7.80. The van der Waals surface area contributed by atoms with Crippen LogP contribution in [-0.2, 0) is 9.59 Å². The molecule has 0 fully saturated rings. The molecule has 12 heavy (non-hydrogen) atoms. The molecule has 0 spiro atoms. The third kappa shape index (κ3) is 7.19. The minimum absolute atomic E-state index is 0.0543. The molecule has 2 heteroatoms. The molecule has 0 heterocycles. The van der Waals surface area contributed by atoms with E-state index in [4.69, 9.17) is 0 Å². The number of hydrogen-bond donors (Lipinski definition) is 0. The van der Waals surface area contributed by atoms with Gasteiger partial charge in [-0.05, 0) is 25.5 Å². The highest BCUT2D eigenvalue weighted by molar-refractivity contribution is 5.97. The number of ketones is 2. The van der Waals surface area contributed by atoms with E-state index in [9.17, 15) is 9.59 Å². The Hall–Kier alpha value is -0.920. The number of rotatable bonds is 6. The summed E-state index contributed by atoms with van der Waals surface area (Å²) in [4.78, 5) is 21.4. The van der Waals surface area contributed by atoms with Gasteiger partial charge in [0, 0.05) is 6.42 Å². The minimum Gasteiger partial charge on any atom is -0.295 e. The van der Waals surface area contributed by atoms with Crippen LogP contribution in [0.15, 0.2) is 12.2 Å². The second kappa shape index (κ2) is 6.77. The molecule has 0 rings (SSSR count). The van der Waals surface area contributed by atoms with Crippen molar-refractivity contribution in [2.24, 2.45) is 0 Å². The fourth-order valence-corrected chi connectivity index (χ4v) is 0.843. The molecule has 2 nitrogen and oxygen atoms in total. The van der Waals surface area contributed by atoms with E-state index >= 15 is 0 Å². The fraction of sp³-hybridized carbons (Fsp3) is 0.600. The summed E-state index contributed by atoms with van der Waals surface area (Å²) in [6, 6.07) is 0. The van der Waals surface area contributed by atoms with Crippen LogP contribution in [0.3, 0.4) is 0 Å². The zero-order valence-corrected chi connectivity index (χ0v) is 7.80. The molecule has 0 radical (unpaired) electrons. The monoisotopic (exact) mass is 168 g/mol. The first-order valence-corrected chi connectivity index (χ1v) is 4.38. The highest BCUT2D eigenvalue weighted by atomic mass is 16.1. The summed E-state index contributed by atoms with van der Waals surface area (Å²) < 4.78 is 0. The standard InChI is InChI=1S/C10H16O2/c1-3-4-5-6-10(12)8-7-9(2)11/h7-8H,3-6H2,1-2H3. The third-order valence-corrected chi connectivity index (χ3v) is 1.53. The lowest BCUT2D eigenvalue weighted by molar-refractivity contribution is -0.116. The van der Waals surface area contributed by atoms with Crippen molar-refractivity contribution < 1.29 is 9.59 Å². The summed E-state index contributed by atoms with van der Waals surface area (Å²) >= 11 is 0. The molecule has 0 aliphatic heterocycles. The molecule has 0 saturated carbocycles. The van der Waals surface area contributed by atoms with Gasteiger partial charge in [-0.25, -0.2) is 0 Å². The topological polar surface area (TPSA) is 34.1 Å². The van der Waals surface area contributed by atoms with E-state index in [-0.39, 0.29) is 11.6 Å². The third-order valence-electron chi connectivity index (χ3n) is 1.53. The van der Waals surface area contributed by atoms with Gasteiger partial charge in [0.2, 0.25) is 0 Å². The molecule has 0 unspecified atom stereocenters.